The first kappa shape index (κ1) is 41.8. The topological polar surface area (TPSA) is 208 Å². The minimum atomic E-state index is -0.938. The summed E-state index contributed by atoms with van der Waals surface area (Å²) in [6.07, 6.45) is 7.61. The van der Waals surface area contributed by atoms with E-state index in [-0.39, 0.29) is 23.4 Å². The lowest BCUT2D eigenvalue weighted by Crippen LogP contribution is -2.33. The highest BCUT2D eigenvalue weighted by Crippen LogP contribution is 2.35. The lowest BCUT2D eigenvalue weighted by atomic mass is 9.97. The van der Waals surface area contributed by atoms with Gasteiger partial charge in [0, 0.05) is 61.0 Å². The van der Waals surface area contributed by atoms with E-state index in [4.69, 9.17) is 34.1 Å². The Labute approximate surface area is 369 Å². The number of hydrogen-bond acceptors (Lipinski definition) is 17. The van der Waals surface area contributed by atoms with Crippen molar-refractivity contribution in [2.45, 2.75) is 77.0 Å². The standard InChI is InChI=1S/C22H24N6O3S.C21H22N6O3S/c1-13(2)18-24-19(31-26-18)15-8-10-27(11-9-15)22-25-28-12-17(23-21(28)32-22)14-4-6-16(7-5-14)20(29)30-3;1-12(2)17-23-18(30-25-17)14-7-9-26(10-8-14)21-24-27-11-16(22-20(27)31-21)13-3-5-15(6-4-13)19(28)29/h4-7,12-13,15H,8-11H2,1-3H3;3-6,11-12,14H,7-10H2,1-2H3,(H,28,29). The van der Waals surface area contributed by atoms with Gasteiger partial charge in [-0.05, 0) is 49.9 Å². The molecule has 0 spiro atoms. The molecule has 10 rings (SSSR count). The van der Waals surface area contributed by atoms with Crippen LogP contribution in [0.15, 0.2) is 70.0 Å². The zero-order chi connectivity index (χ0) is 43.8. The van der Waals surface area contributed by atoms with E-state index < -0.39 is 5.97 Å². The summed E-state index contributed by atoms with van der Waals surface area (Å²) < 4.78 is 19.3. The van der Waals surface area contributed by atoms with Gasteiger partial charge in [-0.2, -0.15) is 9.97 Å². The van der Waals surface area contributed by atoms with Crippen molar-refractivity contribution in [2.24, 2.45) is 0 Å². The number of carbonyl (C=O) groups is 2. The molecule has 8 aromatic rings. The summed E-state index contributed by atoms with van der Waals surface area (Å²) in [7, 11) is 1.37. The molecule has 2 aromatic carbocycles. The van der Waals surface area contributed by atoms with Crippen molar-refractivity contribution >= 4 is 54.8 Å². The maximum atomic E-state index is 11.6. The summed E-state index contributed by atoms with van der Waals surface area (Å²) in [4.78, 5) is 47.4. The number of hydrogen-bond donors (Lipinski definition) is 1. The average Bonchev–Trinajstić information content (AvgIpc) is 4.16. The molecule has 0 saturated carbocycles. The van der Waals surface area contributed by atoms with Crippen molar-refractivity contribution in [2.75, 3.05) is 43.1 Å². The number of methoxy groups -OCH3 is 1. The third kappa shape index (κ3) is 8.90. The van der Waals surface area contributed by atoms with Crippen LogP contribution in [0.25, 0.3) is 32.4 Å². The zero-order valence-electron chi connectivity index (χ0n) is 35.4. The van der Waals surface area contributed by atoms with Crippen molar-refractivity contribution in [3.05, 3.63) is 95.5 Å². The Morgan fingerprint density at radius 3 is 1.41 bits per heavy atom. The number of carboxylic acid groups (broad SMARTS) is 1. The molecule has 2 aliphatic rings. The second-order valence-corrected chi connectivity index (χ2v) is 18.1. The number of carboxylic acids is 1. The number of benzene rings is 2. The number of aromatic nitrogens is 10. The number of carbonyl (C=O) groups excluding carboxylic acids is 1. The molecule has 63 heavy (non-hydrogen) atoms. The highest BCUT2D eigenvalue weighted by Gasteiger charge is 2.29. The van der Waals surface area contributed by atoms with Crippen LogP contribution in [0.1, 0.15) is 121 Å². The van der Waals surface area contributed by atoms with Crippen LogP contribution in [0.2, 0.25) is 0 Å². The number of esters is 1. The molecule has 326 valence electrons. The molecule has 0 bridgehead atoms. The molecule has 1 N–H and O–H groups in total. The van der Waals surface area contributed by atoms with E-state index in [0.29, 0.717) is 17.4 Å². The molecule has 6 aromatic heterocycles. The predicted octanol–water partition coefficient (Wildman–Crippen LogP) is 8.18. The summed E-state index contributed by atoms with van der Waals surface area (Å²) in [5.41, 5.74) is 4.17. The second-order valence-electron chi connectivity index (χ2n) is 16.2. The number of fused-ring (bicyclic) bond motifs is 2. The number of anilines is 2. The van der Waals surface area contributed by atoms with E-state index in [1.54, 1.807) is 63.6 Å². The largest absolute Gasteiger partial charge is 0.478 e. The van der Waals surface area contributed by atoms with Crippen molar-refractivity contribution in [1.82, 2.24) is 49.5 Å². The minimum absolute atomic E-state index is 0.259. The first-order valence-electron chi connectivity index (χ1n) is 20.9. The van der Waals surface area contributed by atoms with E-state index >= 15 is 0 Å². The van der Waals surface area contributed by atoms with Gasteiger partial charge in [-0.3, -0.25) is 0 Å². The van der Waals surface area contributed by atoms with Crippen LogP contribution in [0, 0.1) is 0 Å². The number of imidazole rings is 2. The first-order chi connectivity index (χ1) is 30.5. The number of piperidine rings is 2. The molecule has 0 aliphatic carbocycles. The van der Waals surface area contributed by atoms with Crippen LogP contribution in [0.4, 0.5) is 10.3 Å². The molecule has 0 radical (unpaired) electrons. The third-order valence-electron chi connectivity index (χ3n) is 11.3. The van der Waals surface area contributed by atoms with Gasteiger partial charge in [0.05, 0.1) is 42.0 Å². The van der Waals surface area contributed by atoms with E-state index in [2.05, 4.69) is 62.8 Å². The van der Waals surface area contributed by atoms with Gasteiger partial charge in [0.2, 0.25) is 32.0 Å². The summed E-state index contributed by atoms with van der Waals surface area (Å²) in [6.45, 7) is 11.8. The van der Waals surface area contributed by atoms with E-state index in [1.807, 2.05) is 29.0 Å². The van der Waals surface area contributed by atoms with Crippen LogP contribution in [0.5, 0.6) is 0 Å². The van der Waals surface area contributed by atoms with Crippen LogP contribution in [0.3, 0.4) is 0 Å². The Morgan fingerprint density at radius 2 is 1.06 bits per heavy atom. The molecule has 18 nitrogen and oxygen atoms in total. The summed E-state index contributed by atoms with van der Waals surface area (Å²) in [5, 5.41) is 28.6. The monoisotopic (exact) mass is 890 g/mol. The lowest BCUT2D eigenvalue weighted by Gasteiger charge is -2.29. The van der Waals surface area contributed by atoms with Crippen molar-refractivity contribution in [3.63, 3.8) is 0 Å². The Bertz CT molecular complexity index is 2780. The second kappa shape index (κ2) is 17.7. The van der Waals surface area contributed by atoms with Gasteiger partial charge in [0.1, 0.15) is 0 Å². The molecule has 20 heteroatoms. The fraction of sp³-hybridized carbons (Fsp3) is 0.395. The van der Waals surface area contributed by atoms with Gasteiger partial charge in [-0.25, -0.2) is 28.6 Å². The van der Waals surface area contributed by atoms with Gasteiger partial charge < -0.3 is 28.7 Å². The third-order valence-corrected chi connectivity index (χ3v) is 13.2. The summed E-state index contributed by atoms with van der Waals surface area (Å²) >= 11 is 3.13. The normalized spacial score (nSPS) is 15.2. The molecule has 8 heterocycles. The number of aromatic carboxylic acids is 1. The number of nitrogens with zero attached hydrogens (tertiary/aromatic N) is 12. The van der Waals surface area contributed by atoms with Crippen LogP contribution >= 0.6 is 22.7 Å². The molecule has 2 fully saturated rings. The molecular weight excluding hydrogens is 845 g/mol. The fourth-order valence-electron chi connectivity index (χ4n) is 7.52. The summed E-state index contributed by atoms with van der Waals surface area (Å²) in [5.74, 6) is 2.89. The number of rotatable bonds is 10. The van der Waals surface area contributed by atoms with Crippen molar-refractivity contribution in [1.29, 1.82) is 0 Å². The van der Waals surface area contributed by atoms with Crippen LogP contribution in [-0.2, 0) is 4.74 Å². The molecule has 0 unspecified atom stereocenters. The van der Waals surface area contributed by atoms with E-state index in [0.717, 1.165) is 118 Å². The fourth-order valence-corrected chi connectivity index (χ4v) is 9.39. The molecular formula is C43H46N12O6S2. The minimum Gasteiger partial charge on any atom is -0.478 e. The van der Waals surface area contributed by atoms with Crippen molar-refractivity contribution in [3.8, 4) is 22.5 Å². The van der Waals surface area contributed by atoms with E-state index in [1.165, 1.54) is 7.11 Å². The van der Waals surface area contributed by atoms with Crippen LogP contribution in [-0.4, -0.2) is 99.8 Å². The zero-order valence-corrected chi connectivity index (χ0v) is 37.0. The summed E-state index contributed by atoms with van der Waals surface area (Å²) in [6, 6.07) is 13.9. The SMILES string of the molecule is CC(C)c1noc(C2CCN(c3nn4cc(-c5ccc(C(=O)O)cc5)nc4s3)CC2)n1.COC(=O)c1ccc(-c2cn3nc(N4CCC(c5nc(C(C)C)no5)CC4)sc3n2)cc1. The molecule has 0 atom stereocenters. The quantitative estimate of drug-likeness (QED) is 0.128. The maximum Gasteiger partial charge on any atom is 0.337 e. The molecule has 2 saturated heterocycles. The van der Waals surface area contributed by atoms with Crippen molar-refractivity contribution < 1.29 is 28.5 Å². The van der Waals surface area contributed by atoms with Gasteiger partial charge in [-0.15, -0.1) is 10.2 Å². The smallest absolute Gasteiger partial charge is 0.337 e. The van der Waals surface area contributed by atoms with Gasteiger partial charge in [0.15, 0.2) is 11.6 Å². The molecule has 0 amide bonds. The predicted molar refractivity (Wildman–Crippen MR) is 236 cm³/mol. The lowest BCUT2D eigenvalue weighted by molar-refractivity contribution is 0.0599. The highest BCUT2D eigenvalue weighted by atomic mass is 32.1. The van der Waals surface area contributed by atoms with Gasteiger partial charge >= 0.3 is 11.9 Å². The molecule has 2 aliphatic heterocycles. The van der Waals surface area contributed by atoms with Gasteiger partial charge in [-0.1, -0.05) is 84.9 Å². The first-order valence-corrected chi connectivity index (χ1v) is 22.5. The highest BCUT2D eigenvalue weighted by molar-refractivity contribution is 7.20. The number of ether oxygens (including phenoxy) is 1. The Balaban J connectivity index is 0.000000160. The van der Waals surface area contributed by atoms with Gasteiger partial charge in [0.25, 0.3) is 0 Å². The average molecular weight is 891 g/mol. The Kier molecular flexibility index (Phi) is 11.7. The Hall–Kier alpha value is -6.54. The Morgan fingerprint density at radius 1 is 0.651 bits per heavy atom. The maximum absolute atomic E-state index is 11.6. The van der Waals surface area contributed by atoms with E-state index in [9.17, 15) is 9.59 Å². The van der Waals surface area contributed by atoms with Crippen LogP contribution < -0.4 is 9.80 Å².